The van der Waals surface area contributed by atoms with Gasteiger partial charge in [-0.25, -0.2) is 0 Å². The maximum atomic E-state index is 13.4. The second kappa shape index (κ2) is 7.12. The van der Waals surface area contributed by atoms with Gasteiger partial charge in [0.25, 0.3) is 0 Å². The molecule has 2 N–H and O–H groups in total. The van der Waals surface area contributed by atoms with Crippen molar-refractivity contribution in [3.63, 3.8) is 0 Å². The van der Waals surface area contributed by atoms with Crippen LogP contribution in [0.3, 0.4) is 0 Å². The minimum atomic E-state index is -4.44. The summed E-state index contributed by atoms with van der Waals surface area (Å²) in [5.74, 6) is 1.36. The topological polar surface area (TPSA) is 62.7 Å². The summed E-state index contributed by atoms with van der Waals surface area (Å²) in [6.07, 6.45) is -0.451. The number of nitrogens with zero attached hydrogens (tertiary/aromatic N) is 3. The van der Waals surface area contributed by atoms with Crippen molar-refractivity contribution < 1.29 is 13.2 Å². The molecule has 0 aromatic carbocycles. The average Bonchev–Trinajstić information content (AvgIpc) is 3.44. The number of hydrogen-bond donors (Lipinski definition) is 2. The summed E-state index contributed by atoms with van der Waals surface area (Å²) < 4.78 is 40.4. The van der Waals surface area contributed by atoms with E-state index in [0.717, 1.165) is 49.8 Å². The molecule has 4 rings (SSSR count). The summed E-state index contributed by atoms with van der Waals surface area (Å²) >= 11 is -3.12. The van der Waals surface area contributed by atoms with Crippen LogP contribution >= 0.6 is 0 Å². The van der Waals surface area contributed by atoms with Crippen LogP contribution < -0.4 is 14.3 Å². The normalized spacial score (nSPS) is 17.4. The molecule has 0 atom stereocenters. The number of nitrogens with one attached hydrogen (secondary N) is 2. The van der Waals surface area contributed by atoms with E-state index in [2.05, 4.69) is 26.7 Å². The fourth-order valence-corrected chi connectivity index (χ4v) is 7.70. The van der Waals surface area contributed by atoms with Gasteiger partial charge in [0.15, 0.2) is 0 Å². The number of hydrogen-bond acceptors (Lipinski definition) is 5. The van der Waals surface area contributed by atoms with Crippen LogP contribution in [0, 0.1) is 0 Å². The van der Waals surface area contributed by atoms with Crippen LogP contribution in [0.4, 0.5) is 24.9 Å². The van der Waals surface area contributed by atoms with Crippen LogP contribution in [0.25, 0.3) is 0 Å². The first-order chi connectivity index (χ1) is 13.1. The van der Waals surface area contributed by atoms with Crippen LogP contribution in [0.15, 0.2) is 12.3 Å². The van der Waals surface area contributed by atoms with E-state index >= 15 is 0 Å². The van der Waals surface area contributed by atoms with Gasteiger partial charge in [-0.3, -0.25) is 0 Å². The van der Waals surface area contributed by atoms with Crippen molar-refractivity contribution in [2.45, 2.75) is 52.7 Å². The fraction of sp³-hybridized carbons (Fsp3) is 0.526. The third-order valence-electron chi connectivity index (χ3n) is 5.13. The molecule has 2 aliphatic rings. The van der Waals surface area contributed by atoms with Crippen molar-refractivity contribution in [3.05, 3.63) is 34.6 Å². The van der Waals surface area contributed by atoms with E-state index in [1.807, 2.05) is 14.8 Å². The zero-order chi connectivity index (χ0) is 20.1. The molecule has 1 aliphatic carbocycles. The molecular formula is C19H24F3N5Sn. The molecule has 0 saturated heterocycles. The monoisotopic (exact) mass is 499 g/mol. The summed E-state index contributed by atoms with van der Waals surface area (Å²) in [6.45, 7) is 1.68. The van der Waals surface area contributed by atoms with Crippen LogP contribution in [0.1, 0.15) is 41.1 Å². The van der Waals surface area contributed by atoms with Crippen molar-refractivity contribution in [2.75, 3.05) is 11.9 Å². The SMILES string of the molecule is [CH3][Sn]([CH3])([CH3])[c]1nc(Nc2nc3c(cc2C2CC2)CNCC3)ncc1C(F)(F)F. The zero-order valence-corrected chi connectivity index (χ0v) is 19.1. The van der Waals surface area contributed by atoms with Crippen molar-refractivity contribution >= 4 is 33.9 Å². The first-order valence-electron chi connectivity index (χ1n) is 9.58. The minimum absolute atomic E-state index is 0.189. The van der Waals surface area contributed by atoms with Crippen LogP contribution in [-0.4, -0.2) is 39.9 Å². The molecular weight excluding hydrogens is 474 g/mol. The first kappa shape index (κ1) is 19.9. The van der Waals surface area contributed by atoms with Gasteiger partial charge in [-0.1, -0.05) is 0 Å². The van der Waals surface area contributed by atoms with Crippen molar-refractivity contribution in [2.24, 2.45) is 0 Å². The predicted octanol–water partition coefficient (Wildman–Crippen LogP) is 3.70. The Balaban J connectivity index is 1.73. The Morgan fingerprint density at radius 3 is 2.57 bits per heavy atom. The van der Waals surface area contributed by atoms with E-state index in [1.54, 1.807) is 0 Å². The van der Waals surface area contributed by atoms with Crippen LogP contribution in [0.5, 0.6) is 0 Å². The molecule has 28 heavy (non-hydrogen) atoms. The molecule has 1 aliphatic heterocycles. The van der Waals surface area contributed by atoms with E-state index in [-0.39, 0.29) is 9.66 Å². The number of aromatic nitrogens is 3. The summed E-state index contributed by atoms with van der Waals surface area (Å²) in [6, 6.07) is 2.18. The number of fused-ring (bicyclic) bond motifs is 1. The van der Waals surface area contributed by atoms with Crippen molar-refractivity contribution in [1.29, 1.82) is 0 Å². The number of rotatable bonds is 4. The Morgan fingerprint density at radius 2 is 1.93 bits per heavy atom. The van der Waals surface area contributed by atoms with Gasteiger partial charge in [0.05, 0.1) is 0 Å². The molecule has 3 heterocycles. The molecule has 9 heteroatoms. The Labute approximate surface area is 166 Å². The van der Waals surface area contributed by atoms with Crippen molar-refractivity contribution in [3.8, 4) is 0 Å². The third-order valence-corrected chi connectivity index (χ3v) is 10.3. The van der Waals surface area contributed by atoms with Crippen molar-refractivity contribution in [1.82, 2.24) is 20.3 Å². The molecule has 0 radical (unpaired) electrons. The molecule has 2 aromatic heterocycles. The fourth-order valence-electron chi connectivity index (χ4n) is 3.54. The Kier molecular flexibility index (Phi) is 5.06. The summed E-state index contributed by atoms with van der Waals surface area (Å²) in [5, 5.41) is 6.50. The van der Waals surface area contributed by atoms with E-state index in [9.17, 15) is 13.2 Å². The van der Waals surface area contributed by atoms with Crippen LogP contribution in [-0.2, 0) is 19.1 Å². The first-order valence-corrected chi connectivity index (χ1v) is 19.6. The van der Waals surface area contributed by atoms with Gasteiger partial charge in [0.1, 0.15) is 0 Å². The Morgan fingerprint density at radius 1 is 1.18 bits per heavy atom. The molecule has 1 fully saturated rings. The molecule has 0 amide bonds. The van der Waals surface area contributed by atoms with Gasteiger partial charge in [0, 0.05) is 0 Å². The number of halogens is 3. The van der Waals surface area contributed by atoms with E-state index in [4.69, 9.17) is 4.98 Å². The summed E-state index contributed by atoms with van der Waals surface area (Å²) in [5.41, 5.74) is 2.66. The molecule has 1 saturated carbocycles. The van der Waals surface area contributed by atoms with E-state index in [0.29, 0.717) is 11.7 Å². The number of pyridine rings is 1. The summed E-state index contributed by atoms with van der Waals surface area (Å²) in [4.78, 5) is 18.9. The molecule has 2 aromatic rings. The van der Waals surface area contributed by atoms with Gasteiger partial charge in [-0.15, -0.1) is 0 Å². The molecule has 150 valence electrons. The van der Waals surface area contributed by atoms with Gasteiger partial charge in [0.2, 0.25) is 0 Å². The van der Waals surface area contributed by atoms with E-state index in [1.165, 1.54) is 5.56 Å². The Bertz CT molecular complexity index is 904. The van der Waals surface area contributed by atoms with Crippen LogP contribution in [0.2, 0.25) is 14.8 Å². The zero-order valence-electron chi connectivity index (χ0n) is 16.2. The van der Waals surface area contributed by atoms with Gasteiger partial charge in [-0.2, -0.15) is 0 Å². The molecule has 0 unspecified atom stereocenters. The number of anilines is 2. The standard InChI is InChI=1S/C16H15F3N5.3CH3.Sn/c17-16(18,19)11-7-21-15(22-8-11)24-14-12(9-1-2-9)5-10-6-20-4-3-13(10)23-14;;;;/h5,7,9,20H,1-4,6H2,(H,21,22,23,24);3*1H3;. The van der Waals surface area contributed by atoms with Gasteiger partial charge in [-0.05, 0) is 0 Å². The average molecular weight is 498 g/mol. The molecule has 5 nitrogen and oxygen atoms in total. The third kappa shape index (κ3) is 4.12. The molecule has 0 spiro atoms. The second-order valence-electron chi connectivity index (χ2n) is 8.56. The number of alkyl halides is 3. The summed E-state index contributed by atoms with van der Waals surface area (Å²) in [7, 11) is 0. The quantitative estimate of drug-likeness (QED) is 0.630. The maximum absolute atomic E-state index is 13.4. The van der Waals surface area contributed by atoms with E-state index < -0.39 is 30.1 Å². The Hall–Kier alpha value is -1.42. The second-order valence-corrected chi connectivity index (χ2v) is 22.8. The molecule has 0 bridgehead atoms. The predicted molar refractivity (Wildman–Crippen MR) is 105 cm³/mol. The van der Waals surface area contributed by atoms with Gasteiger partial charge >= 0.3 is 167 Å². The van der Waals surface area contributed by atoms with Gasteiger partial charge < -0.3 is 0 Å².